The van der Waals surface area contributed by atoms with Gasteiger partial charge >= 0.3 is 5.97 Å². The molecule has 1 atom stereocenters. The Morgan fingerprint density at radius 3 is 2.54 bits per heavy atom. The first kappa shape index (κ1) is 17.8. The Hall–Kier alpha value is -2.59. The van der Waals surface area contributed by atoms with Crippen LogP contribution in [0.2, 0.25) is 0 Å². The van der Waals surface area contributed by atoms with E-state index in [0.717, 1.165) is 11.8 Å². The number of H-pyrrole nitrogens is 1. The Balaban J connectivity index is 2.37. The lowest BCUT2D eigenvalue weighted by Crippen LogP contribution is -2.22. The Morgan fingerprint density at radius 2 is 1.96 bits per heavy atom. The van der Waals surface area contributed by atoms with Crippen LogP contribution < -0.4 is 5.56 Å². The van der Waals surface area contributed by atoms with Gasteiger partial charge in [-0.3, -0.25) is 9.59 Å². The van der Waals surface area contributed by atoms with Crippen LogP contribution in [-0.4, -0.2) is 27.3 Å². The van der Waals surface area contributed by atoms with E-state index in [9.17, 15) is 14.9 Å². The second-order valence-corrected chi connectivity index (χ2v) is 6.65. The van der Waals surface area contributed by atoms with Gasteiger partial charge in [0.25, 0.3) is 5.56 Å². The highest BCUT2D eigenvalue weighted by Crippen LogP contribution is 2.24. The molecule has 0 radical (unpaired) electrons. The lowest BCUT2D eigenvalue weighted by Gasteiger charge is -2.13. The van der Waals surface area contributed by atoms with Gasteiger partial charge < -0.3 is 9.72 Å². The van der Waals surface area contributed by atoms with E-state index in [1.54, 1.807) is 45.0 Å². The van der Waals surface area contributed by atoms with Crippen molar-refractivity contribution in [2.45, 2.75) is 37.3 Å². The predicted octanol–water partition coefficient (Wildman–Crippen LogP) is 2.74. The van der Waals surface area contributed by atoms with E-state index in [2.05, 4.69) is 9.97 Å². The van der Waals surface area contributed by atoms with Crippen LogP contribution >= 0.6 is 11.8 Å². The van der Waals surface area contributed by atoms with Gasteiger partial charge in [-0.2, -0.15) is 5.26 Å². The van der Waals surface area contributed by atoms with Crippen molar-refractivity contribution in [3.8, 4) is 17.3 Å². The smallest absolute Gasteiger partial charge is 0.319 e. The van der Waals surface area contributed by atoms with Gasteiger partial charge in [-0.15, -0.1) is 0 Å². The number of aromatic nitrogens is 2. The number of nitrogens with one attached hydrogen (secondary N) is 1. The summed E-state index contributed by atoms with van der Waals surface area (Å²) in [4.78, 5) is 30.9. The highest BCUT2D eigenvalue weighted by molar-refractivity contribution is 8.00. The molecule has 6 nitrogen and oxygen atoms in total. The first-order valence-electron chi connectivity index (χ1n) is 7.39. The number of carbonyl (C=O) groups is 1. The zero-order chi connectivity index (χ0) is 17.7. The third-order valence-electron chi connectivity index (χ3n) is 3.03. The third-order valence-corrected chi connectivity index (χ3v) is 3.99. The molecule has 2 rings (SSSR count). The molecule has 1 aromatic carbocycles. The van der Waals surface area contributed by atoms with Gasteiger partial charge in [-0.25, -0.2) is 4.98 Å². The standard InChI is InChI=1S/C17H17N3O3S/c1-10(2)23-16(22)11(3)24-17-19-14(12-7-5-4-6-8-12)13(9-18)15(21)20-17/h4-8,10-11H,1-3H3,(H,19,20,21)/t11-/m1/s1. The number of hydrogen-bond acceptors (Lipinski definition) is 6. The molecule has 0 saturated carbocycles. The summed E-state index contributed by atoms with van der Waals surface area (Å²) >= 11 is 1.09. The number of carbonyl (C=O) groups excluding carboxylic acids is 1. The Kier molecular flexibility index (Phi) is 5.77. The molecule has 1 N–H and O–H groups in total. The maximum Gasteiger partial charge on any atom is 0.319 e. The van der Waals surface area contributed by atoms with Crippen molar-refractivity contribution >= 4 is 17.7 Å². The molecule has 0 fully saturated rings. The van der Waals surface area contributed by atoms with Gasteiger partial charge in [-0.05, 0) is 20.8 Å². The summed E-state index contributed by atoms with van der Waals surface area (Å²) in [5.74, 6) is -0.386. The van der Waals surface area contributed by atoms with E-state index in [4.69, 9.17) is 4.74 Å². The number of rotatable bonds is 5. The third kappa shape index (κ3) is 4.24. The number of nitriles is 1. The Bertz CT molecular complexity index is 825. The van der Waals surface area contributed by atoms with E-state index in [-0.39, 0.29) is 22.8 Å². The molecule has 0 aliphatic heterocycles. The van der Waals surface area contributed by atoms with E-state index < -0.39 is 10.8 Å². The van der Waals surface area contributed by atoms with Gasteiger partial charge in [0.15, 0.2) is 5.16 Å². The summed E-state index contributed by atoms with van der Waals surface area (Å²) in [6.07, 6.45) is -0.214. The molecule has 0 spiro atoms. The first-order valence-corrected chi connectivity index (χ1v) is 8.27. The van der Waals surface area contributed by atoms with Crippen LogP contribution in [0.4, 0.5) is 0 Å². The minimum Gasteiger partial charge on any atom is -0.462 e. The van der Waals surface area contributed by atoms with E-state index in [1.807, 2.05) is 12.1 Å². The molecule has 2 aromatic rings. The normalized spacial score (nSPS) is 11.8. The fourth-order valence-electron chi connectivity index (χ4n) is 1.96. The highest BCUT2D eigenvalue weighted by atomic mass is 32.2. The minimum atomic E-state index is -0.535. The minimum absolute atomic E-state index is 0.0528. The van der Waals surface area contributed by atoms with E-state index in [0.29, 0.717) is 11.3 Å². The fourth-order valence-corrected chi connectivity index (χ4v) is 2.74. The molecule has 1 heterocycles. The topological polar surface area (TPSA) is 95.8 Å². The second kappa shape index (κ2) is 7.79. The monoisotopic (exact) mass is 343 g/mol. The summed E-state index contributed by atoms with van der Waals surface area (Å²) < 4.78 is 5.14. The molecule has 0 amide bonds. The molecule has 0 aliphatic rings. The maximum absolute atomic E-state index is 12.1. The number of hydrogen-bond donors (Lipinski definition) is 1. The van der Waals surface area contributed by atoms with E-state index in [1.165, 1.54) is 0 Å². The number of ether oxygens (including phenoxy) is 1. The molecule has 0 aliphatic carbocycles. The van der Waals surface area contributed by atoms with Gasteiger partial charge in [0.05, 0.1) is 11.8 Å². The molecular weight excluding hydrogens is 326 g/mol. The Labute approximate surface area is 143 Å². The number of benzene rings is 1. The largest absolute Gasteiger partial charge is 0.462 e. The highest BCUT2D eigenvalue weighted by Gasteiger charge is 2.20. The lowest BCUT2D eigenvalue weighted by molar-refractivity contribution is -0.146. The van der Waals surface area contributed by atoms with E-state index >= 15 is 0 Å². The summed E-state index contributed by atoms with van der Waals surface area (Å²) in [5, 5.41) is 8.96. The summed E-state index contributed by atoms with van der Waals surface area (Å²) in [7, 11) is 0. The van der Waals surface area contributed by atoms with Crippen LogP contribution in [0.3, 0.4) is 0 Å². The number of aromatic amines is 1. The van der Waals surface area contributed by atoms with Crippen LogP contribution in [-0.2, 0) is 9.53 Å². The molecule has 0 unspecified atom stereocenters. The second-order valence-electron chi connectivity index (χ2n) is 5.32. The molecule has 1 aromatic heterocycles. The van der Waals surface area contributed by atoms with Crippen molar-refractivity contribution in [3.63, 3.8) is 0 Å². The quantitative estimate of drug-likeness (QED) is 0.509. The van der Waals surface area contributed by atoms with Crippen LogP contribution in [0.15, 0.2) is 40.3 Å². The van der Waals surface area contributed by atoms with Gasteiger partial charge in [-0.1, -0.05) is 42.1 Å². The van der Waals surface area contributed by atoms with Gasteiger partial charge in [0, 0.05) is 5.56 Å². The van der Waals surface area contributed by atoms with Crippen molar-refractivity contribution in [2.75, 3.05) is 0 Å². The van der Waals surface area contributed by atoms with Crippen LogP contribution in [0, 0.1) is 11.3 Å². The van der Waals surface area contributed by atoms with Crippen molar-refractivity contribution < 1.29 is 9.53 Å². The van der Waals surface area contributed by atoms with Gasteiger partial charge in [0.1, 0.15) is 16.9 Å². The number of esters is 1. The molecular formula is C17H17N3O3S. The fraction of sp³-hybridized carbons (Fsp3) is 0.294. The number of nitrogens with zero attached hydrogens (tertiary/aromatic N) is 2. The molecule has 124 valence electrons. The van der Waals surface area contributed by atoms with Crippen molar-refractivity contribution in [2.24, 2.45) is 0 Å². The summed E-state index contributed by atoms with van der Waals surface area (Å²) in [6.45, 7) is 5.21. The average molecular weight is 343 g/mol. The van der Waals surface area contributed by atoms with Crippen molar-refractivity contribution in [3.05, 3.63) is 46.2 Å². The maximum atomic E-state index is 12.1. The lowest BCUT2D eigenvalue weighted by atomic mass is 10.1. The molecule has 7 heteroatoms. The molecule has 0 saturated heterocycles. The van der Waals surface area contributed by atoms with Crippen molar-refractivity contribution in [1.29, 1.82) is 5.26 Å². The molecule has 0 bridgehead atoms. The van der Waals surface area contributed by atoms with Gasteiger partial charge in [0.2, 0.25) is 0 Å². The summed E-state index contributed by atoms with van der Waals surface area (Å²) in [5.41, 5.74) is 0.384. The first-order chi connectivity index (χ1) is 11.4. The zero-order valence-corrected chi connectivity index (χ0v) is 14.4. The predicted molar refractivity (Wildman–Crippen MR) is 91.6 cm³/mol. The van der Waals surface area contributed by atoms with Crippen molar-refractivity contribution in [1.82, 2.24) is 9.97 Å². The molecule has 24 heavy (non-hydrogen) atoms. The van der Waals surface area contributed by atoms with Crippen LogP contribution in [0.1, 0.15) is 26.3 Å². The average Bonchev–Trinajstić information content (AvgIpc) is 2.54. The SMILES string of the molecule is CC(C)OC(=O)[C@@H](C)Sc1nc(-c2ccccc2)c(C#N)c(=O)[nH]1. The van der Waals surface area contributed by atoms with Crippen LogP contribution in [0.5, 0.6) is 0 Å². The zero-order valence-electron chi connectivity index (χ0n) is 13.6. The Morgan fingerprint density at radius 1 is 1.29 bits per heavy atom. The number of thioether (sulfide) groups is 1. The summed E-state index contributed by atoms with van der Waals surface area (Å²) in [6, 6.07) is 10.9. The van der Waals surface area contributed by atoms with Crippen LogP contribution in [0.25, 0.3) is 11.3 Å².